The minimum Gasteiger partial charge on any atom is -0.383 e. The minimum absolute atomic E-state index is 0.0931. The first-order chi connectivity index (χ1) is 10.1. The smallest absolute Gasteiger partial charge is 0.0589 e. The van der Waals surface area contributed by atoms with Crippen molar-refractivity contribution in [1.29, 1.82) is 0 Å². The number of hydrogen-bond donors (Lipinski definition) is 1. The summed E-state index contributed by atoms with van der Waals surface area (Å²) in [5, 5.41) is 0. The Hall–Kier alpha value is -0.900. The van der Waals surface area contributed by atoms with Crippen molar-refractivity contribution < 1.29 is 4.74 Å². The lowest BCUT2D eigenvalue weighted by Gasteiger charge is -2.25. The molecule has 3 nitrogen and oxygen atoms in total. The van der Waals surface area contributed by atoms with Crippen molar-refractivity contribution >= 4 is 0 Å². The van der Waals surface area contributed by atoms with Crippen LogP contribution in [0.2, 0.25) is 0 Å². The number of nitrogens with zero attached hydrogens (tertiary/aromatic N) is 1. The second kappa shape index (κ2) is 7.92. The summed E-state index contributed by atoms with van der Waals surface area (Å²) in [5.41, 5.74) is 9.05. The lowest BCUT2D eigenvalue weighted by atomic mass is 9.99. The molecular weight excluding hydrogens is 260 g/mol. The third kappa shape index (κ3) is 5.42. The molecule has 1 aromatic carbocycles. The maximum Gasteiger partial charge on any atom is 0.0589 e. The van der Waals surface area contributed by atoms with Crippen LogP contribution in [0.25, 0.3) is 0 Å². The van der Waals surface area contributed by atoms with Crippen molar-refractivity contribution in [2.24, 2.45) is 11.7 Å². The van der Waals surface area contributed by atoms with Gasteiger partial charge in [0.1, 0.15) is 0 Å². The van der Waals surface area contributed by atoms with Gasteiger partial charge in [-0.05, 0) is 36.3 Å². The Kier molecular flexibility index (Phi) is 6.22. The molecule has 1 atom stereocenters. The van der Waals surface area contributed by atoms with E-state index < -0.39 is 0 Å². The average molecular weight is 290 g/mol. The van der Waals surface area contributed by atoms with Crippen LogP contribution in [0, 0.1) is 5.92 Å². The van der Waals surface area contributed by atoms with Crippen LogP contribution in [0.4, 0.5) is 0 Å². The number of nitrogens with two attached hydrogens (primary N) is 1. The third-order valence-electron chi connectivity index (χ3n) is 4.13. The maximum atomic E-state index is 6.40. The predicted octanol–water partition coefficient (Wildman–Crippen LogP) is 3.00. The molecule has 1 unspecified atom stereocenters. The summed E-state index contributed by atoms with van der Waals surface area (Å²) in [5.74, 6) is 0.698. The second-order valence-corrected chi connectivity index (χ2v) is 6.66. The van der Waals surface area contributed by atoms with Gasteiger partial charge in [-0.3, -0.25) is 4.90 Å². The highest BCUT2D eigenvalue weighted by Crippen LogP contribution is 2.28. The highest BCUT2D eigenvalue weighted by molar-refractivity contribution is 5.25. The Labute approximate surface area is 129 Å². The van der Waals surface area contributed by atoms with Gasteiger partial charge in [0.05, 0.1) is 6.61 Å². The van der Waals surface area contributed by atoms with E-state index in [-0.39, 0.29) is 6.04 Å². The Morgan fingerprint density at radius 2 is 1.90 bits per heavy atom. The Morgan fingerprint density at radius 1 is 1.24 bits per heavy atom. The molecule has 0 saturated heterocycles. The molecule has 1 aromatic rings. The van der Waals surface area contributed by atoms with Crippen LogP contribution in [0.15, 0.2) is 24.3 Å². The van der Waals surface area contributed by atoms with Crippen LogP contribution < -0.4 is 5.73 Å². The number of ether oxygens (including phenoxy) is 1. The summed E-state index contributed by atoms with van der Waals surface area (Å²) in [6, 6.07) is 9.67. The van der Waals surface area contributed by atoms with E-state index in [0.29, 0.717) is 5.92 Å². The van der Waals surface area contributed by atoms with Crippen LogP contribution in [-0.4, -0.2) is 37.7 Å². The molecule has 0 aromatic heterocycles. The maximum absolute atomic E-state index is 6.40. The van der Waals surface area contributed by atoms with E-state index in [9.17, 15) is 0 Å². The van der Waals surface area contributed by atoms with Gasteiger partial charge in [0.2, 0.25) is 0 Å². The molecule has 1 aliphatic rings. The van der Waals surface area contributed by atoms with Gasteiger partial charge in [0.15, 0.2) is 0 Å². The fourth-order valence-corrected chi connectivity index (χ4v) is 2.80. The molecule has 118 valence electrons. The summed E-state index contributed by atoms with van der Waals surface area (Å²) < 4.78 is 5.21. The van der Waals surface area contributed by atoms with Crippen molar-refractivity contribution in [3.05, 3.63) is 35.4 Å². The standard InChI is InChI=1S/C18H30N2O/c1-14(2)12-15-4-6-16(7-5-15)18(19)13-20(10-11-21-3)17-8-9-17/h4-7,14,17-18H,8-13,19H2,1-3H3. The monoisotopic (exact) mass is 290 g/mol. The van der Waals surface area contributed by atoms with E-state index >= 15 is 0 Å². The van der Waals surface area contributed by atoms with Crippen molar-refractivity contribution in [1.82, 2.24) is 4.90 Å². The van der Waals surface area contributed by atoms with Gasteiger partial charge < -0.3 is 10.5 Å². The highest BCUT2D eigenvalue weighted by atomic mass is 16.5. The minimum atomic E-state index is 0.0931. The molecule has 1 aliphatic carbocycles. The average Bonchev–Trinajstić information content (AvgIpc) is 3.28. The number of benzene rings is 1. The van der Waals surface area contributed by atoms with Gasteiger partial charge >= 0.3 is 0 Å². The zero-order valence-corrected chi connectivity index (χ0v) is 13.7. The predicted molar refractivity (Wildman–Crippen MR) is 88.4 cm³/mol. The summed E-state index contributed by atoms with van der Waals surface area (Å²) in [7, 11) is 1.76. The molecule has 3 heteroatoms. The van der Waals surface area contributed by atoms with Crippen molar-refractivity contribution in [3.63, 3.8) is 0 Å². The van der Waals surface area contributed by atoms with E-state index in [1.165, 1.54) is 24.0 Å². The van der Waals surface area contributed by atoms with E-state index in [1.54, 1.807) is 7.11 Å². The molecular formula is C18H30N2O. The van der Waals surface area contributed by atoms with Crippen LogP contribution in [0.5, 0.6) is 0 Å². The van der Waals surface area contributed by atoms with Gasteiger partial charge in [-0.2, -0.15) is 0 Å². The molecule has 2 rings (SSSR count). The van der Waals surface area contributed by atoms with Crippen LogP contribution in [0.1, 0.15) is 43.9 Å². The molecule has 0 radical (unpaired) electrons. The first kappa shape index (κ1) is 16.5. The number of hydrogen-bond acceptors (Lipinski definition) is 3. The summed E-state index contributed by atoms with van der Waals surface area (Å²) in [6.45, 7) is 7.21. The zero-order chi connectivity index (χ0) is 15.2. The van der Waals surface area contributed by atoms with Gasteiger partial charge in [-0.15, -0.1) is 0 Å². The molecule has 0 bridgehead atoms. The molecule has 1 saturated carbocycles. The van der Waals surface area contributed by atoms with E-state index in [4.69, 9.17) is 10.5 Å². The van der Waals surface area contributed by atoms with E-state index in [2.05, 4.69) is 43.0 Å². The Balaban J connectivity index is 1.90. The summed E-state index contributed by atoms with van der Waals surface area (Å²) in [6.07, 6.45) is 3.76. The van der Waals surface area contributed by atoms with Gasteiger partial charge in [-0.25, -0.2) is 0 Å². The first-order valence-electron chi connectivity index (χ1n) is 8.17. The SMILES string of the molecule is COCCN(CC(N)c1ccc(CC(C)C)cc1)C1CC1. The van der Waals surface area contributed by atoms with E-state index in [0.717, 1.165) is 32.2 Å². The topological polar surface area (TPSA) is 38.5 Å². The van der Waals surface area contributed by atoms with Gasteiger partial charge in [0.25, 0.3) is 0 Å². The third-order valence-corrected chi connectivity index (χ3v) is 4.13. The fourth-order valence-electron chi connectivity index (χ4n) is 2.80. The normalized spacial score (nSPS) is 16.7. The van der Waals surface area contributed by atoms with Crippen LogP contribution in [0.3, 0.4) is 0 Å². The molecule has 0 aliphatic heterocycles. The number of rotatable bonds is 9. The quantitative estimate of drug-likeness (QED) is 0.760. The lowest BCUT2D eigenvalue weighted by Crippen LogP contribution is -2.36. The van der Waals surface area contributed by atoms with Crippen molar-refractivity contribution in [2.45, 2.75) is 45.2 Å². The molecule has 0 amide bonds. The zero-order valence-electron chi connectivity index (χ0n) is 13.7. The summed E-state index contributed by atoms with van der Waals surface area (Å²) >= 11 is 0. The molecule has 2 N–H and O–H groups in total. The Bertz CT molecular complexity index is 412. The number of methoxy groups -OCH3 is 1. The van der Waals surface area contributed by atoms with Gasteiger partial charge in [0, 0.05) is 32.3 Å². The molecule has 0 heterocycles. The first-order valence-corrected chi connectivity index (χ1v) is 8.17. The lowest BCUT2D eigenvalue weighted by molar-refractivity contribution is 0.139. The highest BCUT2D eigenvalue weighted by Gasteiger charge is 2.29. The van der Waals surface area contributed by atoms with Gasteiger partial charge in [-0.1, -0.05) is 38.1 Å². The van der Waals surface area contributed by atoms with Crippen LogP contribution >= 0.6 is 0 Å². The molecule has 0 spiro atoms. The fraction of sp³-hybridized carbons (Fsp3) is 0.667. The largest absolute Gasteiger partial charge is 0.383 e. The molecule has 21 heavy (non-hydrogen) atoms. The summed E-state index contributed by atoms with van der Waals surface area (Å²) in [4.78, 5) is 2.48. The Morgan fingerprint density at radius 3 is 2.43 bits per heavy atom. The van der Waals surface area contributed by atoms with Crippen molar-refractivity contribution in [2.75, 3.05) is 26.8 Å². The molecule has 1 fully saturated rings. The van der Waals surface area contributed by atoms with Crippen LogP contribution in [-0.2, 0) is 11.2 Å². The second-order valence-electron chi connectivity index (χ2n) is 6.66. The van der Waals surface area contributed by atoms with Crippen molar-refractivity contribution in [3.8, 4) is 0 Å². The van der Waals surface area contributed by atoms with E-state index in [1.807, 2.05) is 0 Å².